The Balaban J connectivity index is 1.72. The van der Waals surface area contributed by atoms with E-state index in [1.807, 2.05) is 11.8 Å². The maximum atomic E-state index is 12.8. The zero-order valence-corrected chi connectivity index (χ0v) is 20.5. The Morgan fingerprint density at radius 3 is 2.82 bits per heavy atom. The van der Waals surface area contributed by atoms with Crippen LogP contribution in [-0.4, -0.2) is 72.0 Å². The van der Waals surface area contributed by atoms with E-state index in [0.717, 1.165) is 0 Å². The van der Waals surface area contributed by atoms with E-state index in [1.165, 1.54) is 11.3 Å². The van der Waals surface area contributed by atoms with Crippen LogP contribution < -0.4 is 10.2 Å². The summed E-state index contributed by atoms with van der Waals surface area (Å²) in [6.45, 7) is 6.53. The number of thiazole rings is 1. The summed E-state index contributed by atoms with van der Waals surface area (Å²) in [6, 6.07) is -0.298. The molecule has 0 spiro atoms. The van der Waals surface area contributed by atoms with Crippen molar-refractivity contribution in [1.29, 1.82) is 0 Å². The average Bonchev–Trinajstić information content (AvgIpc) is 3.37. The third-order valence-corrected chi connectivity index (χ3v) is 6.81. The number of H-pyrrole nitrogens is 1. The number of hydrogen-bond donors (Lipinski definition) is 2. The van der Waals surface area contributed by atoms with Crippen molar-refractivity contribution in [2.75, 3.05) is 37.9 Å². The normalized spacial score (nSPS) is 18.4. The van der Waals surface area contributed by atoms with Gasteiger partial charge in [-0.05, 0) is 33.1 Å². The molecular formula is C21H29ClFN5O4S. The number of anilines is 1. The maximum absolute atomic E-state index is 12.8. The van der Waals surface area contributed by atoms with Crippen LogP contribution >= 0.6 is 22.9 Å². The third kappa shape index (κ3) is 6.21. The topological polar surface area (TPSA) is 109 Å². The number of aromatic nitrogens is 3. The van der Waals surface area contributed by atoms with Gasteiger partial charge in [-0.2, -0.15) is 0 Å². The second-order valence-electron chi connectivity index (χ2n) is 7.61. The molecule has 3 rings (SSSR count). The van der Waals surface area contributed by atoms with Gasteiger partial charge in [-0.15, -0.1) is 0 Å². The van der Waals surface area contributed by atoms with Gasteiger partial charge in [0.15, 0.2) is 16.1 Å². The summed E-state index contributed by atoms with van der Waals surface area (Å²) < 4.78 is 23.7. The van der Waals surface area contributed by atoms with Crippen LogP contribution in [0.2, 0.25) is 5.15 Å². The van der Waals surface area contributed by atoms with Gasteiger partial charge < -0.3 is 24.7 Å². The lowest BCUT2D eigenvalue weighted by molar-refractivity contribution is 0.0171. The summed E-state index contributed by atoms with van der Waals surface area (Å²) in [6.07, 6.45) is 1.09. The van der Waals surface area contributed by atoms with Gasteiger partial charge >= 0.3 is 5.97 Å². The van der Waals surface area contributed by atoms with E-state index < -0.39 is 6.67 Å². The molecule has 1 amide bonds. The highest BCUT2D eigenvalue weighted by Crippen LogP contribution is 2.30. The summed E-state index contributed by atoms with van der Waals surface area (Å²) in [5.41, 5.74) is 1.31. The van der Waals surface area contributed by atoms with Crippen molar-refractivity contribution in [3.05, 3.63) is 27.2 Å². The minimum Gasteiger partial charge on any atom is -0.462 e. The van der Waals surface area contributed by atoms with Crippen LogP contribution in [0.5, 0.6) is 0 Å². The molecule has 3 heterocycles. The smallest absolute Gasteiger partial charge is 0.350 e. The van der Waals surface area contributed by atoms with E-state index in [4.69, 9.17) is 21.1 Å². The van der Waals surface area contributed by atoms with Crippen molar-refractivity contribution in [2.24, 2.45) is 0 Å². The van der Waals surface area contributed by atoms with Gasteiger partial charge in [0.25, 0.3) is 5.91 Å². The second kappa shape index (κ2) is 11.8. The summed E-state index contributed by atoms with van der Waals surface area (Å²) in [7, 11) is 0. The van der Waals surface area contributed by atoms with Crippen LogP contribution in [0.4, 0.5) is 9.52 Å². The number of esters is 1. The fourth-order valence-corrected chi connectivity index (χ4v) is 4.84. The van der Waals surface area contributed by atoms with Gasteiger partial charge in [0.2, 0.25) is 0 Å². The molecule has 1 fully saturated rings. The lowest BCUT2D eigenvalue weighted by atomic mass is 10.0. The number of alkyl halides is 1. The zero-order chi connectivity index (χ0) is 24.0. The minimum atomic E-state index is -0.479. The molecule has 0 aliphatic carbocycles. The van der Waals surface area contributed by atoms with Crippen LogP contribution in [0.3, 0.4) is 0 Å². The molecule has 0 bridgehead atoms. The fourth-order valence-electron chi connectivity index (χ4n) is 3.58. The van der Waals surface area contributed by atoms with Crippen LogP contribution in [-0.2, 0) is 15.9 Å². The molecule has 33 heavy (non-hydrogen) atoms. The predicted molar refractivity (Wildman–Crippen MR) is 124 cm³/mol. The Bertz CT molecular complexity index is 969. The molecule has 9 nitrogen and oxygen atoms in total. The number of nitrogens with zero attached hydrogens (tertiary/aromatic N) is 3. The number of halogens is 2. The average molecular weight is 502 g/mol. The van der Waals surface area contributed by atoms with Crippen molar-refractivity contribution in [1.82, 2.24) is 20.3 Å². The molecule has 0 saturated carbocycles. The summed E-state index contributed by atoms with van der Waals surface area (Å²) >= 11 is 7.33. The van der Waals surface area contributed by atoms with Gasteiger partial charge in [-0.3, -0.25) is 9.18 Å². The monoisotopic (exact) mass is 501 g/mol. The highest BCUT2D eigenvalue weighted by molar-refractivity contribution is 7.17. The molecule has 2 atom stereocenters. The molecule has 1 saturated heterocycles. The SMILES string of the molecule is CCOC(=O)c1sc(N2CC[C@H](NC(=O)c3nc(Cl)c(CC)[nH]3)[C@H](OCCCF)C2)nc1C. The first-order chi connectivity index (χ1) is 15.9. The standard InChI is InChI=1S/C21H29ClFN5O4S/c1-4-13-17(22)27-18(25-13)19(29)26-14-7-9-28(11-15(14)32-10-6-8-23)21-24-12(3)16(33-21)20(30)31-5-2/h14-15H,4-11H2,1-3H3,(H,25,27)(H,26,29)/t14-,15+/m0/s1. The van der Waals surface area contributed by atoms with Gasteiger partial charge in [0.05, 0.1) is 36.8 Å². The minimum absolute atomic E-state index is 0.149. The van der Waals surface area contributed by atoms with Crippen LogP contribution in [0.15, 0.2) is 0 Å². The zero-order valence-electron chi connectivity index (χ0n) is 19.0. The Morgan fingerprint density at radius 1 is 1.36 bits per heavy atom. The quantitative estimate of drug-likeness (QED) is 0.379. The molecule has 0 unspecified atom stereocenters. The Hall–Kier alpha value is -2.24. The number of carbonyl (C=O) groups is 2. The number of amides is 1. The van der Waals surface area contributed by atoms with Gasteiger partial charge in [-0.1, -0.05) is 29.9 Å². The number of nitrogens with one attached hydrogen (secondary N) is 2. The van der Waals surface area contributed by atoms with Crippen molar-refractivity contribution in [2.45, 2.75) is 52.2 Å². The van der Waals surface area contributed by atoms with Gasteiger partial charge in [0.1, 0.15) is 4.88 Å². The highest BCUT2D eigenvalue weighted by Gasteiger charge is 2.34. The van der Waals surface area contributed by atoms with E-state index in [2.05, 4.69) is 20.3 Å². The van der Waals surface area contributed by atoms with E-state index in [-0.39, 0.29) is 48.0 Å². The van der Waals surface area contributed by atoms with E-state index in [0.29, 0.717) is 53.9 Å². The number of imidazole rings is 1. The number of rotatable bonds is 10. The van der Waals surface area contributed by atoms with E-state index in [1.54, 1.807) is 13.8 Å². The van der Waals surface area contributed by atoms with Crippen LogP contribution in [0.1, 0.15) is 58.4 Å². The number of aromatic amines is 1. The molecule has 2 aromatic rings. The molecule has 0 radical (unpaired) electrons. The summed E-state index contributed by atoms with van der Waals surface area (Å²) in [5, 5.41) is 3.94. The van der Waals surface area contributed by atoms with Crippen LogP contribution in [0, 0.1) is 6.92 Å². The fraction of sp³-hybridized carbons (Fsp3) is 0.619. The number of piperidine rings is 1. The molecule has 0 aromatic carbocycles. The Labute approximate surface area is 201 Å². The van der Waals surface area contributed by atoms with Gasteiger partial charge in [0, 0.05) is 19.7 Å². The van der Waals surface area contributed by atoms with Crippen LogP contribution in [0.25, 0.3) is 0 Å². The Morgan fingerprint density at radius 2 is 2.15 bits per heavy atom. The number of carbonyl (C=O) groups excluding carboxylic acids is 2. The van der Waals surface area contributed by atoms with Gasteiger partial charge in [-0.25, -0.2) is 14.8 Å². The molecular weight excluding hydrogens is 473 g/mol. The first-order valence-electron chi connectivity index (χ1n) is 11.0. The number of hydrogen-bond acceptors (Lipinski definition) is 8. The summed E-state index contributed by atoms with van der Waals surface area (Å²) in [5.74, 6) is -0.611. The predicted octanol–water partition coefficient (Wildman–Crippen LogP) is 3.32. The molecule has 2 N–H and O–H groups in total. The number of aryl methyl sites for hydroxylation is 2. The second-order valence-corrected chi connectivity index (χ2v) is 8.94. The van der Waals surface area contributed by atoms with Crippen molar-refractivity contribution < 1.29 is 23.5 Å². The lowest BCUT2D eigenvalue weighted by Crippen LogP contribution is -2.55. The third-order valence-electron chi connectivity index (χ3n) is 5.30. The first kappa shape index (κ1) is 25.4. The van der Waals surface area contributed by atoms with E-state index in [9.17, 15) is 14.0 Å². The largest absolute Gasteiger partial charge is 0.462 e. The molecule has 1 aliphatic heterocycles. The molecule has 182 valence electrons. The van der Waals surface area contributed by atoms with Crippen molar-refractivity contribution in [3.63, 3.8) is 0 Å². The molecule has 1 aliphatic rings. The Kier molecular flexibility index (Phi) is 9.04. The maximum Gasteiger partial charge on any atom is 0.350 e. The van der Waals surface area contributed by atoms with E-state index >= 15 is 0 Å². The van der Waals surface area contributed by atoms with Crippen molar-refractivity contribution >= 4 is 39.9 Å². The lowest BCUT2D eigenvalue weighted by Gasteiger charge is -2.38. The number of ether oxygens (including phenoxy) is 2. The highest BCUT2D eigenvalue weighted by atomic mass is 35.5. The summed E-state index contributed by atoms with van der Waals surface area (Å²) in [4.78, 5) is 39.0. The molecule has 2 aromatic heterocycles. The van der Waals surface area contributed by atoms with Crippen molar-refractivity contribution in [3.8, 4) is 0 Å². The first-order valence-corrected chi connectivity index (χ1v) is 12.2. The molecule has 12 heteroatoms.